The molecule has 1 aliphatic rings. The summed E-state index contributed by atoms with van der Waals surface area (Å²) in [6.07, 6.45) is 2.93. The normalized spacial score (nSPS) is 17.9. The van der Waals surface area contributed by atoms with E-state index < -0.39 is 10.0 Å². The van der Waals surface area contributed by atoms with Crippen LogP contribution in [0.15, 0.2) is 16.3 Å². The first-order valence-corrected chi connectivity index (χ1v) is 9.20. The predicted octanol–water partition coefficient (Wildman–Crippen LogP) is 1.70. The standard InChI is InChI=1S/C13H22N2O3S2/c1-3-14-8-11-7-12(9-19-11)20(16,17)15-10-13(18-2)5-4-6-13/h7,9,14-15H,3-6,8,10H2,1-2H3. The summed E-state index contributed by atoms with van der Waals surface area (Å²) >= 11 is 1.46. The first-order chi connectivity index (χ1) is 9.51. The second kappa shape index (κ2) is 6.53. The Hall–Kier alpha value is -0.470. The molecule has 1 aliphatic carbocycles. The van der Waals surface area contributed by atoms with Crippen LogP contribution in [0.25, 0.3) is 0 Å². The third kappa shape index (κ3) is 3.59. The number of methoxy groups -OCH3 is 1. The molecule has 0 amide bonds. The van der Waals surface area contributed by atoms with E-state index in [-0.39, 0.29) is 5.60 Å². The monoisotopic (exact) mass is 318 g/mol. The van der Waals surface area contributed by atoms with Gasteiger partial charge in [-0.05, 0) is 31.9 Å². The molecule has 0 atom stereocenters. The largest absolute Gasteiger partial charge is 0.377 e. The van der Waals surface area contributed by atoms with Crippen molar-refractivity contribution >= 4 is 21.4 Å². The quantitative estimate of drug-likeness (QED) is 0.766. The number of hydrogen-bond donors (Lipinski definition) is 2. The van der Waals surface area contributed by atoms with Gasteiger partial charge in [0.25, 0.3) is 0 Å². The molecule has 1 saturated carbocycles. The molecule has 5 nitrogen and oxygen atoms in total. The molecule has 2 rings (SSSR count). The Kier molecular flexibility index (Phi) is 5.19. The Morgan fingerprint density at radius 2 is 2.20 bits per heavy atom. The minimum atomic E-state index is -3.43. The fraction of sp³-hybridized carbons (Fsp3) is 0.692. The number of thiophene rings is 1. The smallest absolute Gasteiger partial charge is 0.241 e. The second-order valence-corrected chi connectivity index (χ2v) is 7.86. The van der Waals surface area contributed by atoms with E-state index >= 15 is 0 Å². The second-order valence-electron chi connectivity index (χ2n) is 5.09. The molecule has 0 unspecified atom stereocenters. The average Bonchev–Trinajstić information content (AvgIpc) is 2.85. The van der Waals surface area contributed by atoms with E-state index in [0.29, 0.717) is 18.0 Å². The molecule has 0 aromatic carbocycles. The van der Waals surface area contributed by atoms with Crippen LogP contribution in [0.2, 0.25) is 0 Å². The van der Waals surface area contributed by atoms with Gasteiger partial charge < -0.3 is 10.1 Å². The highest BCUT2D eigenvalue weighted by Crippen LogP contribution is 2.34. The summed E-state index contributed by atoms with van der Waals surface area (Å²) < 4.78 is 32.6. The number of nitrogens with one attached hydrogen (secondary N) is 2. The van der Waals surface area contributed by atoms with Gasteiger partial charge in [0.1, 0.15) is 0 Å². The molecule has 1 heterocycles. The molecule has 0 saturated heterocycles. The van der Waals surface area contributed by atoms with Crippen LogP contribution in [-0.2, 0) is 21.3 Å². The molecule has 0 spiro atoms. The van der Waals surface area contributed by atoms with Gasteiger partial charge in [0.15, 0.2) is 0 Å². The highest BCUT2D eigenvalue weighted by Gasteiger charge is 2.38. The van der Waals surface area contributed by atoms with Crippen molar-refractivity contribution in [3.05, 3.63) is 16.3 Å². The lowest BCUT2D eigenvalue weighted by Gasteiger charge is -2.40. The maximum Gasteiger partial charge on any atom is 0.241 e. The van der Waals surface area contributed by atoms with Gasteiger partial charge in [0.2, 0.25) is 10.0 Å². The minimum absolute atomic E-state index is 0.296. The summed E-state index contributed by atoms with van der Waals surface area (Å²) in [4.78, 5) is 1.37. The molecule has 2 N–H and O–H groups in total. The lowest BCUT2D eigenvalue weighted by atomic mass is 9.80. The Labute approximate surface area is 124 Å². The van der Waals surface area contributed by atoms with Gasteiger partial charge >= 0.3 is 0 Å². The summed E-state index contributed by atoms with van der Waals surface area (Å²) in [5.41, 5.74) is -0.296. The van der Waals surface area contributed by atoms with E-state index in [4.69, 9.17) is 4.74 Å². The van der Waals surface area contributed by atoms with Crippen LogP contribution >= 0.6 is 11.3 Å². The van der Waals surface area contributed by atoms with Gasteiger partial charge in [0, 0.05) is 30.5 Å². The van der Waals surface area contributed by atoms with E-state index in [2.05, 4.69) is 10.0 Å². The lowest BCUT2D eigenvalue weighted by molar-refractivity contribution is -0.0659. The van der Waals surface area contributed by atoms with E-state index in [0.717, 1.165) is 30.7 Å². The SMILES string of the molecule is CCNCc1cc(S(=O)(=O)NCC2(OC)CCC2)cs1. The van der Waals surface area contributed by atoms with Crippen molar-refractivity contribution in [1.29, 1.82) is 0 Å². The van der Waals surface area contributed by atoms with Crippen LogP contribution in [-0.4, -0.2) is 34.2 Å². The number of hydrogen-bond acceptors (Lipinski definition) is 5. The first kappa shape index (κ1) is 15.9. The van der Waals surface area contributed by atoms with Crippen molar-refractivity contribution in [2.45, 2.75) is 43.2 Å². The third-order valence-corrected chi connectivity index (χ3v) is 6.24. The number of sulfonamides is 1. The van der Waals surface area contributed by atoms with Crippen LogP contribution in [0.4, 0.5) is 0 Å². The summed E-state index contributed by atoms with van der Waals surface area (Å²) in [7, 11) is -1.79. The Morgan fingerprint density at radius 1 is 1.45 bits per heavy atom. The van der Waals surface area contributed by atoms with Crippen molar-refractivity contribution in [3.63, 3.8) is 0 Å². The Balaban J connectivity index is 1.97. The molecule has 1 fully saturated rings. The van der Waals surface area contributed by atoms with Gasteiger partial charge in [-0.15, -0.1) is 11.3 Å². The molecule has 7 heteroatoms. The molecule has 1 aromatic rings. The van der Waals surface area contributed by atoms with Crippen molar-refractivity contribution in [3.8, 4) is 0 Å². The van der Waals surface area contributed by atoms with Crippen LogP contribution in [0, 0.1) is 0 Å². The molecule has 114 valence electrons. The van der Waals surface area contributed by atoms with Gasteiger partial charge in [0.05, 0.1) is 10.5 Å². The molecule has 0 bridgehead atoms. The van der Waals surface area contributed by atoms with E-state index in [1.54, 1.807) is 18.6 Å². The van der Waals surface area contributed by atoms with Crippen molar-refractivity contribution in [2.24, 2.45) is 0 Å². The summed E-state index contributed by atoms with van der Waals surface area (Å²) in [6.45, 7) is 3.95. The summed E-state index contributed by atoms with van der Waals surface area (Å²) in [6, 6.07) is 1.73. The topological polar surface area (TPSA) is 67.4 Å². The highest BCUT2D eigenvalue weighted by molar-refractivity contribution is 7.89. The van der Waals surface area contributed by atoms with Crippen molar-refractivity contribution in [1.82, 2.24) is 10.0 Å². The zero-order chi connectivity index (χ0) is 14.6. The van der Waals surface area contributed by atoms with Gasteiger partial charge in [-0.3, -0.25) is 0 Å². The fourth-order valence-electron chi connectivity index (χ4n) is 2.18. The predicted molar refractivity (Wildman–Crippen MR) is 80.5 cm³/mol. The van der Waals surface area contributed by atoms with E-state index in [1.807, 2.05) is 6.92 Å². The van der Waals surface area contributed by atoms with Gasteiger partial charge in [-0.25, -0.2) is 13.1 Å². The van der Waals surface area contributed by atoms with Gasteiger partial charge in [-0.1, -0.05) is 6.92 Å². The lowest BCUT2D eigenvalue weighted by Crippen LogP contribution is -2.49. The summed E-state index contributed by atoms with van der Waals surface area (Å²) in [5.74, 6) is 0. The van der Waals surface area contributed by atoms with Crippen LogP contribution in [0.3, 0.4) is 0 Å². The number of rotatable bonds is 8. The van der Waals surface area contributed by atoms with Crippen LogP contribution < -0.4 is 10.0 Å². The molecule has 20 heavy (non-hydrogen) atoms. The van der Waals surface area contributed by atoms with E-state index in [1.165, 1.54) is 11.3 Å². The summed E-state index contributed by atoms with van der Waals surface area (Å²) in [5, 5.41) is 4.88. The van der Waals surface area contributed by atoms with Crippen molar-refractivity contribution in [2.75, 3.05) is 20.2 Å². The maximum absolute atomic E-state index is 12.2. The molecule has 0 aliphatic heterocycles. The first-order valence-electron chi connectivity index (χ1n) is 6.84. The zero-order valence-corrected chi connectivity index (χ0v) is 13.6. The Bertz CT molecular complexity index is 530. The highest BCUT2D eigenvalue weighted by atomic mass is 32.2. The fourth-order valence-corrected chi connectivity index (χ4v) is 4.54. The number of ether oxygens (including phenoxy) is 1. The van der Waals surface area contributed by atoms with Crippen LogP contribution in [0.1, 0.15) is 31.1 Å². The van der Waals surface area contributed by atoms with Gasteiger partial charge in [-0.2, -0.15) is 0 Å². The van der Waals surface area contributed by atoms with E-state index in [9.17, 15) is 8.42 Å². The molecular weight excluding hydrogens is 296 g/mol. The average molecular weight is 318 g/mol. The maximum atomic E-state index is 12.2. The molecule has 1 aromatic heterocycles. The van der Waals surface area contributed by atoms with Crippen LogP contribution in [0.5, 0.6) is 0 Å². The Morgan fingerprint density at radius 3 is 2.75 bits per heavy atom. The third-order valence-electron chi connectivity index (χ3n) is 3.77. The minimum Gasteiger partial charge on any atom is -0.377 e. The molecular formula is C13H22N2O3S2. The zero-order valence-electron chi connectivity index (χ0n) is 11.9. The molecule has 0 radical (unpaired) electrons. The van der Waals surface area contributed by atoms with Crippen molar-refractivity contribution < 1.29 is 13.2 Å².